The van der Waals surface area contributed by atoms with Gasteiger partial charge >= 0.3 is 5.97 Å². The molecule has 0 radical (unpaired) electrons. The van der Waals surface area contributed by atoms with Crippen LogP contribution in [0.1, 0.15) is 56.6 Å². The molecule has 3 N–H and O–H groups in total. The molecule has 0 bridgehead atoms. The number of H-pyrrole nitrogens is 1. The molecule has 0 aliphatic heterocycles. The van der Waals surface area contributed by atoms with E-state index in [9.17, 15) is 15.0 Å². The van der Waals surface area contributed by atoms with Crippen molar-refractivity contribution in [3.63, 3.8) is 0 Å². The van der Waals surface area contributed by atoms with Gasteiger partial charge < -0.3 is 10.2 Å². The predicted octanol–water partition coefficient (Wildman–Crippen LogP) is 3.32. The normalized spacial score (nSPS) is 13.7. The molecule has 0 saturated carbocycles. The van der Waals surface area contributed by atoms with Crippen LogP contribution in [0.5, 0.6) is 0 Å². The zero-order valence-corrected chi connectivity index (χ0v) is 17.4. The van der Waals surface area contributed by atoms with Gasteiger partial charge in [-0.3, -0.25) is 9.78 Å². The fraction of sp³-hybridized carbons (Fsp3) is 0.409. The number of aromatic nitrogens is 5. The topological polar surface area (TPSA) is 125 Å². The minimum absolute atomic E-state index is 0.361. The molecule has 2 atom stereocenters. The van der Waals surface area contributed by atoms with Gasteiger partial charge in [0.15, 0.2) is 5.82 Å². The number of hydrogen-bond acceptors (Lipinski definition) is 6. The molecule has 0 aliphatic rings. The third-order valence-electron chi connectivity index (χ3n) is 5.23. The maximum atomic E-state index is 11.8. The molecule has 8 heteroatoms. The van der Waals surface area contributed by atoms with Crippen LogP contribution in [-0.4, -0.2) is 41.8 Å². The van der Waals surface area contributed by atoms with Gasteiger partial charge in [0.1, 0.15) is 5.60 Å². The molecule has 2 unspecified atom stereocenters. The molecule has 0 spiro atoms. The van der Waals surface area contributed by atoms with E-state index in [1.807, 2.05) is 43.3 Å². The van der Waals surface area contributed by atoms with Gasteiger partial charge in [0.05, 0.1) is 11.6 Å². The standard InChI is InChI=1S/C22H27N5O3/c1-4-5-17(21(28)29)18(20-24-26-27-25-20)12-14-6-8-15(9-7-14)16-10-11-19(23-13-16)22(2,3)30/h6-11,13,17-18,30H,4-5,12H2,1-3H3,(H,28,29)(H,24,25,26,27). The van der Waals surface area contributed by atoms with E-state index in [1.165, 1.54) is 0 Å². The fourth-order valence-corrected chi connectivity index (χ4v) is 3.56. The maximum Gasteiger partial charge on any atom is 0.307 e. The lowest BCUT2D eigenvalue weighted by atomic mass is 9.83. The van der Waals surface area contributed by atoms with Gasteiger partial charge in [-0.25, -0.2) is 0 Å². The molecule has 2 heterocycles. The van der Waals surface area contributed by atoms with Crippen molar-refractivity contribution in [2.75, 3.05) is 0 Å². The van der Waals surface area contributed by atoms with E-state index in [2.05, 4.69) is 25.6 Å². The number of benzene rings is 1. The first kappa shape index (κ1) is 21.6. The highest BCUT2D eigenvalue weighted by Gasteiger charge is 2.32. The molecule has 0 saturated heterocycles. The average Bonchev–Trinajstić information content (AvgIpc) is 3.25. The minimum atomic E-state index is -0.980. The summed E-state index contributed by atoms with van der Waals surface area (Å²) >= 11 is 0. The molecule has 8 nitrogen and oxygen atoms in total. The van der Waals surface area contributed by atoms with Crippen LogP contribution >= 0.6 is 0 Å². The van der Waals surface area contributed by atoms with Gasteiger partial charge in [0.2, 0.25) is 0 Å². The third-order valence-corrected chi connectivity index (χ3v) is 5.23. The van der Waals surface area contributed by atoms with Crippen LogP contribution in [0, 0.1) is 5.92 Å². The van der Waals surface area contributed by atoms with Gasteiger partial charge in [-0.2, -0.15) is 5.21 Å². The summed E-state index contributed by atoms with van der Waals surface area (Å²) in [6, 6.07) is 11.7. The van der Waals surface area contributed by atoms with Gasteiger partial charge in [-0.15, -0.1) is 10.2 Å². The van der Waals surface area contributed by atoms with Crippen LogP contribution in [0.3, 0.4) is 0 Å². The summed E-state index contributed by atoms with van der Waals surface area (Å²) < 4.78 is 0. The SMILES string of the molecule is CCCC(C(=O)O)C(Cc1ccc(-c2ccc(C(C)(C)O)nc2)cc1)c1nn[nH]n1. The molecule has 0 amide bonds. The van der Waals surface area contributed by atoms with Gasteiger partial charge in [-0.1, -0.05) is 48.9 Å². The Morgan fingerprint density at radius 2 is 1.83 bits per heavy atom. The second kappa shape index (κ2) is 9.13. The number of rotatable bonds is 9. The fourth-order valence-electron chi connectivity index (χ4n) is 3.56. The van der Waals surface area contributed by atoms with Crippen molar-refractivity contribution in [2.24, 2.45) is 5.92 Å². The van der Waals surface area contributed by atoms with Crippen molar-refractivity contribution < 1.29 is 15.0 Å². The number of carbonyl (C=O) groups is 1. The Kier molecular flexibility index (Phi) is 6.56. The molecular weight excluding hydrogens is 382 g/mol. The van der Waals surface area contributed by atoms with E-state index in [0.29, 0.717) is 24.4 Å². The predicted molar refractivity (Wildman–Crippen MR) is 112 cm³/mol. The van der Waals surface area contributed by atoms with Crippen molar-refractivity contribution >= 4 is 5.97 Å². The zero-order valence-electron chi connectivity index (χ0n) is 17.4. The number of pyridine rings is 1. The summed E-state index contributed by atoms with van der Waals surface area (Å²) in [6.07, 6.45) is 3.56. The van der Waals surface area contributed by atoms with Crippen molar-refractivity contribution in [2.45, 2.75) is 51.6 Å². The Labute approximate surface area is 175 Å². The summed E-state index contributed by atoms with van der Waals surface area (Å²) in [5.74, 6) is -1.36. The molecule has 0 aliphatic carbocycles. The largest absolute Gasteiger partial charge is 0.481 e. The number of hydrogen-bond donors (Lipinski definition) is 3. The summed E-state index contributed by atoms with van der Waals surface area (Å²) in [4.78, 5) is 16.2. The van der Waals surface area contributed by atoms with Crippen LogP contribution in [0.25, 0.3) is 11.1 Å². The molecule has 3 rings (SSSR count). The van der Waals surface area contributed by atoms with Gasteiger partial charge in [-0.05, 0) is 43.9 Å². The van der Waals surface area contributed by atoms with Gasteiger partial charge in [0.25, 0.3) is 0 Å². The lowest BCUT2D eigenvalue weighted by molar-refractivity contribution is -0.143. The number of nitrogens with one attached hydrogen (secondary N) is 1. The summed E-state index contributed by atoms with van der Waals surface area (Å²) in [6.45, 7) is 5.37. The molecule has 0 fully saturated rings. The van der Waals surface area contributed by atoms with Crippen LogP contribution in [0.4, 0.5) is 0 Å². The first-order chi connectivity index (χ1) is 14.3. The number of tetrazole rings is 1. The lowest BCUT2D eigenvalue weighted by Crippen LogP contribution is -2.25. The van der Waals surface area contributed by atoms with Crippen LogP contribution < -0.4 is 0 Å². The lowest BCUT2D eigenvalue weighted by Gasteiger charge is -2.21. The molecule has 30 heavy (non-hydrogen) atoms. The Bertz CT molecular complexity index is 948. The van der Waals surface area contributed by atoms with E-state index >= 15 is 0 Å². The van der Waals surface area contributed by atoms with Crippen LogP contribution in [-0.2, 0) is 16.8 Å². The number of carboxylic acid groups (broad SMARTS) is 1. The van der Waals surface area contributed by atoms with E-state index < -0.39 is 17.5 Å². The van der Waals surface area contributed by atoms with Crippen molar-refractivity contribution in [3.8, 4) is 11.1 Å². The highest BCUT2D eigenvalue weighted by Crippen LogP contribution is 2.31. The molecular formula is C22H27N5O3. The second-order valence-corrected chi connectivity index (χ2v) is 8.00. The Morgan fingerprint density at radius 1 is 1.13 bits per heavy atom. The smallest absolute Gasteiger partial charge is 0.307 e. The first-order valence-electron chi connectivity index (χ1n) is 10.0. The molecule has 3 aromatic rings. The Balaban J connectivity index is 1.81. The summed E-state index contributed by atoms with van der Waals surface area (Å²) in [5, 5.41) is 33.9. The number of carboxylic acids is 1. The summed E-state index contributed by atoms with van der Waals surface area (Å²) in [7, 11) is 0. The molecule has 2 aromatic heterocycles. The Hall–Kier alpha value is -3.13. The van der Waals surface area contributed by atoms with Crippen molar-refractivity contribution in [1.29, 1.82) is 0 Å². The number of aliphatic hydroxyl groups is 1. The number of nitrogens with zero attached hydrogens (tertiary/aromatic N) is 4. The average molecular weight is 409 g/mol. The van der Waals surface area contributed by atoms with Crippen LogP contribution in [0.2, 0.25) is 0 Å². The quantitative estimate of drug-likeness (QED) is 0.495. The third kappa shape index (κ3) is 5.07. The monoisotopic (exact) mass is 409 g/mol. The van der Waals surface area contributed by atoms with E-state index in [4.69, 9.17) is 0 Å². The highest BCUT2D eigenvalue weighted by molar-refractivity contribution is 5.71. The minimum Gasteiger partial charge on any atom is -0.481 e. The van der Waals surface area contributed by atoms with Gasteiger partial charge in [0, 0.05) is 17.7 Å². The zero-order chi connectivity index (χ0) is 21.7. The number of aromatic amines is 1. The summed E-state index contributed by atoms with van der Waals surface area (Å²) in [5.41, 5.74) is 2.57. The van der Waals surface area contributed by atoms with E-state index in [0.717, 1.165) is 23.1 Å². The molecule has 1 aromatic carbocycles. The Morgan fingerprint density at radius 3 is 2.33 bits per heavy atom. The van der Waals surface area contributed by atoms with E-state index in [1.54, 1.807) is 20.0 Å². The second-order valence-electron chi connectivity index (χ2n) is 8.00. The van der Waals surface area contributed by atoms with Crippen LogP contribution in [0.15, 0.2) is 42.6 Å². The molecule has 158 valence electrons. The highest BCUT2D eigenvalue weighted by atomic mass is 16.4. The maximum absolute atomic E-state index is 11.8. The number of aliphatic carboxylic acids is 1. The first-order valence-corrected chi connectivity index (χ1v) is 10.0. The van der Waals surface area contributed by atoms with Crippen molar-refractivity contribution in [1.82, 2.24) is 25.6 Å². The van der Waals surface area contributed by atoms with Crippen molar-refractivity contribution in [3.05, 3.63) is 59.7 Å². The van der Waals surface area contributed by atoms with E-state index in [-0.39, 0.29) is 5.92 Å².